The number of rotatable bonds is 0. The maximum Gasteiger partial charge on any atom is 0.107 e. The fourth-order valence-electron chi connectivity index (χ4n) is 3.92. The van der Waals surface area contributed by atoms with Crippen LogP contribution in [0.25, 0.3) is 0 Å². The average Bonchev–Trinajstić information content (AvgIpc) is 2.59. The second-order valence-electron chi connectivity index (χ2n) is 6.24. The van der Waals surface area contributed by atoms with Crippen molar-refractivity contribution in [2.24, 2.45) is 17.3 Å². The Hall–Kier alpha value is -0.720. The number of hydrogen-bond donors (Lipinski definition) is 0. The number of fused-ring (bicyclic) bond motifs is 2. The molecule has 1 fully saturated rings. The minimum atomic E-state index is 0.528. The van der Waals surface area contributed by atoms with Gasteiger partial charge in [-0.1, -0.05) is 26.7 Å². The fourth-order valence-corrected chi connectivity index (χ4v) is 3.92. The molecule has 0 bridgehead atoms. The van der Waals surface area contributed by atoms with E-state index in [-0.39, 0.29) is 0 Å². The summed E-state index contributed by atoms with van der Waals surface area (Å²) >= 11 is 0. The Balaban J connectivity index is 2.02. The third kappa shape index (κ3) is 1.30. The van der Waals surface area contributed by atoms with Crippen molar-refractivity contribution >= 4 is 0 Å². The molecular formula is C15H22O. The Morgan fingerprint density at radius 3 is 3.00 bits per heavy atom. The number of aryl methyl sites for hydroxylation is 1. The second-order valence-corrected chi connectivity index (χ2v) is 6.24. The van der Waals surface area contributed by atoms with Crippen LogP contribution in [0, 0.1) is 24.2 Å². The van der Waals surface area contributed by atoms with Crippen molar-refractivity contribution in [3.05, 3.63) is 23.2 Å². The Morgan fingerprint density at radius 2 is 2.19 bits per heavy atom. The molecule has 1 heteroatoms. The van der Waals surface area contributed by atoms with Crippen LogP contribution in [0.3, 0.4) is 0 Å². The van der Waals surface area contributed by atoms with Crippen LogP contribution in [0.2, 0.25) is 0 Å². The molecule has 0 aromatic carbocycles. The first-order valence-corrected chi connectivity index (χ1v) is 6.67. The summed E-state index contributed by atoms with van der Waals surface area (Å²) in [5.74, 6) is 3.01. The molecule has 1 heterocycles. The van der Waals surface area contributed by atoms with Gasteiger partial charge in [-0.2, -0.15) is 0 Å². The Morgan fingerprint density at radius 1 is 1.38 bits per heavy atom. The lowest BCUT2D eigenvalue weighted by molar-refractivity contribution is 0.0371. The molecule has 0 radical (unpaired) electrons. The molecule has 3 atom stereocenters. The van der Waals surface area contributed by atoms with Crippen LogP contribution in [-0.4, -0.2) is 0 Å². The lowest BCUT2D eigenvalue weighted by atomic mass is 9.56. The molecule has 0 spiro atoms. The van der Waals surface area contributed by atoms with Crippen LogP contribution in [0.1, 0.15) is 50.0 Å². The van der Waals surface area contributed by atoms with Crippen molar-refractivity contribution in [1.82, 2.24) is 0 Å². The molecule has 0 unspecified atom stereocenters. The van der Waals surface area contributed by atoms with E-state index in [0.29, 0.717) is 5.41 Å². The van der Waals surface area contributed by atoms with Gasteiger partial charge in [0.2, 0.25) is 0 Å². The van der Waals surface area contributed by atoms with Gasteiger partial charge in [-0.15, -0.1) is 0 Å². The predicted molar refractivity (Wildman–Crippen MR) is 65.5 cm³/mol. The SMILES string of the molecule is Cc1coc2c1C[C@]1(C)[C@H](CCC[C@@H]1C)C2. The van der Waals surface area contributed by atoms with Gasteiger partial charge in [0.05, 0.1) is 6.26 Å². The molecule has 3 rings (SSSR count). The summed E-state index contributed by atoms with van der Waals surface area (Å²) in [5.41, 5.74) is 3.42. The van der Waals surface area contributed by atoms with E-state index in [9.17, 15) is 0 Å². The van der Waals surface area contributed by atoms with E-state index in [1.807, 2.05) is 6.26 Å². The van der Waals surface area contributed by atoms with Gasteiger partial charge in [-0.05, 0) is 48.1 Å². The third-order valence-corrected chi connectivity index (χ3v) is 5.43. The predicted octanol–water partition coefficient (Wildman–Crippen LogP) is 4.13. The summed E-state index contributed by atoms with van der Waals surface area (Å²) in [6, 6.07) is 0. The minimum absolute atomic E-state index is 0.528. The van der Waals surface area contributed by atoms with Gasteiger partial charge in [0, 0.05) is 6.42 Å². The zero-order valence-corrected chi connectivity index (χ0v) is 10.7. The summed E-state index contributed by atoms with van der Waals surface area (Å²) in [6.07, 6.45) is 8.62. The Kier molecular flexibility index (Phi) is 2.21. The maximum atomic E-state index is 5.72. The molecular weight excluding hydrogens is 196 g/mol. The Bertz CT molecular complexity index is 404. The molecule has 1 aromatic heterocycles. The summed E-state index contributed by atoms with van der Waals surface area (Å²) in [4.78, 5) is 0. The van der Waals surface area contributed by atoms with Crippen molar-refractivity contribution < 1.29 is 4.42 Å². The molecule has 2 aliphatic carbocycles. The highest BCUT2D eigenvalue weighted by Gasteiger charge is 2.45. The van der Waals surface area contributed by atoms with Gasteiger partial charge in [0.1, 0.15) is 5.76 Å². The number of hydrogen-bond acceptors (Lipinski definition) is 1. The van der Waals surface area contributed by atoms with Gasteiger partial charge in [0.15, 0.2) is 0 Å². The van der Waals surface area contributed by atoms with Crippen molar-refractivity contribution in [2.75, 3.05) is 0 Å². The van der Waals surface area contributed by atoms with E-state index < -0.39 is 0 Å². The molecule has 1 saturated carbocycles. The van der Waals surface area contributed by atoms with Crippen LogP contribution in [0.4, 0.5) is 0 Å². The van der Waals surface area contributed by atoms with E-state index in [1.54, 1.807) is 0 Å². The normalized spacial score (nSPS) is 37.9. The van der Waals surface area contributed by atoms with Crippen molar-refractivity contribution in [1.29, 1.82) is 0 Å². The lowest BCUT2D eigenvalue weighted by Crippen LogP contribution is -2.43. The zero-order valence-electron chi connectivity index (χ0n) is 10.7. The highest BCUT2D eigenvalue weighted by atomic mass is 16.3. The lowest BCUT2D eigenvalue weighted by Gasteiger charge is -2.49. The molecule has 88 valence electrons. The molecule has 1 aromatic rings. The van der Waals surface area contributed by atoms with E-state index in [0.717, 1.165) is 11.8 Å². The summed E-state index contributed by atoms with van der Waals surface area (Å²) in [5, 5.41) is 0. The van der Waals surface area contributed by atoms with Gasteiger partial charge >= 0.3 is 0 Å². The largest absolute Gasteiger partial charge is 0.469 e. The van der Waals surface area contributed by atoms with E-state index in [2.05, 4.69) is 20.8 Å². The average molecular weight is 218 g/mol. The summed E-state index contributed by atoms with van der Waals surface area (Å²) in [6.45, 7) is 7.16. The summed E-state index contributed by atoms with van der Waals surface area (Å²) < 4.78 is 5.72. The second kappa shape index (κ2) is 3.38. The van der Waals surface area contributed by atoms with Crippen molar-refractivity contribution in [2.45, 2.75) is 52.9 Å². The quantitative estimate of drug-likeness (QED) is 0.638. The summed E-state index contributed by atoms with van der Waals surface area (Å²) in [7, 11) is 0. The Labute approximate surface area is 98.2 Å². The number of furan rings is 1. The standard InChI is InChI=1S/C15H22O/c1-10-9-16-14-7-12-6-4-5-11(2)15(12,3)8-13(10)14/h9,11-12H,4-8H2,1-3H3/t11-,12+,15-/m0/s1. The van der Waals surface area contributed by atoms with Crippen LogP contribution >= 0.6 is 0 Å². The zero-order chi connectivity index (χ0) is 11.3. The van der Waals surface area contributed by atoms with Crippen LogP contribution in [0.15, 0.2) is 10.7 Å². The third-order valence-electron chi connectivity index (χ3n) is 5.43. The molecule has 16 heavy (non-hydrogen) atoms. The highest BCUT2D eigenvalue weighted by molar-refractivity contribution is 5.32. The van der Waals surface area contributed by atoms with Gasteiger partial charge in [-0.25, -0.2) is 0 Å². The first-order chi connectivity index (χ1) is 7.61. The maximum absolute atomic E-state index is 5.72. The molecule has 0 aliphatic heterocycles. The molecule has 0 N–H and O–H groups in total. The molecule has 0 saturated heterocycles. The van der Waals surface area contributed by atoms with Crippen LogP contribution in [0.5, 0.6) is 0 Å². The first-order valence-electron chi connectivity index (χ1n) is 6.67. The van der Waals surface area contributed by atoms with Crippen LogP contribution in [-0.2, 0) is 12.8 Å². The smallest absolute Gasteiger partial charge is 0.107 e. The van der Waals surface area contributed by atoms with Gasteiger partial charge in [0.25, 0.3) is 0 Å². The highest BCUT2D eigenvalue weighted by Crippen LogP contribution is 2.52. The van der Waals surface area contributed by atoms with Crippen molar-refractivity contribution in [3.8, 4) is 0 Å². The van der Waals surface area contributed by atoms with E-state index in [4.69, 9.17) is 4.42 Å². The molecule has 0 amide bonds. The topological polar surface area (TPSA) is 13.1 Å². The van der Waals surface area contributed by atoms with E-state index in [1.165, 1.54) is 49.0 Å². The van der Waals surface area contributed by atoms with Gasteiger partial charge < -0.3 is 4.42 Å². The molecule has 2 aliphatic rings. The fraction of sp³-hybridized carbons (Fsp3) is 0.733. The van der Waals surface area contributed by atoms with E-state index >= 15 is 0 Å². The first kappa shape index (κ1) is 10.4. The molecule has 1 nitrogen and oxygen atoms in total. The van der Waals surface area contributed by atoms with Gasteiger partial charge in [-0.3, -0.25) is 0 Å². The van der Waals surface area contributed by atoms with Crippen molar-refractivity contribution in [3.63, 3.8) is 0 Å². The monoisotopic (exact) mass is 218 g/mol. The van der Waals surface area contributed by atoms with Crippen LogP contribution < -0.4 is 0 Å². The minimum Gasteiger partial charge on any atom is -0.469 e.